The summed E-state index contributed by atoms with van der Waals surface area (Å²) in [6.45, 7) is 2.32. The molecule has 2 aliphatic heterocycles. The molecule has 0 saturated carbocycles. The number of alkyl halides is 3. The fraction of sp³-hybridized carbons (Fsp3) is 0.923. The molecular formula is C13H21F3N2O. The number of carbonyl (C=O) groups excluding carboxylic acids is 1. The highest BCUT2D eigenvalue weighted by Crippen LogP contribution is 2.31. The zero-order valence-corrected chi connectivity index (χ0v) is 11.2. The van der Waals surface area contributed by atoms with E-state index in [-0.39, 0.29) is 6.04 Å². The van der Waals surface area contributed by atoms with E-state index in [1.54, 1.807) is 0 Å². The van der Waals surface area contributed by atoms with Gasteiger partial charge in [-0.1, -0.05) is 6.92 Å². The molecule has 0 radical (unpaired) electrons. The summed E-state index contributed by atoms with van der Waals surface area (Å²) in [4.78, 5) is 13.3. The van der Waals surface area contributed by atoms with Crippen molar-refractivity contribution in [3.8, 4) is 0 Å². The van der Waals surface area contributed by atoms with Gasteiger partial charge in [0.05, 0.1) is 0 Å². The van der Waals surface area contributed by atoms with Crippen LogP contribution in [0, 0.1) is 0 Å². The Labute approximate surface area is 111 Å². The van der Waals surface area contributed by atoms with Crippen molar-refractivity contribution in [2.24, 2.45) is 0 Å². The van der Waals surface area contributed by atoms with Crippen LogP contribution in [0.25, 0.3) is 0 Å². The average Bonchev–Trinajstić information content (AvgIpc) is 2.63. The Morgan fingerprint density at radius 2 is 1.84 bits per heavy atom. The Hall–Kier alpha value is -0.780. The molecule has 2 unspecified atom stereocenters. The summed E-state index contributed by atoms with van der Waals surface area (Å²) in [6, 6.07) is 0.733. The van der Waals surface area contributed by atoms with Gasteiger partial charge >= 0.3 is 6.18 Å². The zero-order chi connectivity index (χ0) is 14.0. The Bertz CT molecular complexity index is 320. The third-order valence-corrected chi connectivity index (χ3v) is 4.03. The van der Waals surface area contributed by atoms with Crippen LogP contribution < -0.4 is 5.32 Å². The van der Waals surface area contributed by atoms with Gasteiger partial charge in [-0.3, -0.25) is 4.79 Å². The summed E-state index contributed by atoms with van der Waals surface area (Å²) in [5.41, 5.74) is 0. The molecule has 0 aromatic rings. The van der Waals surface area contributed by atoms with Crippen molar-refractivity contribution >= 4 is 5.91 Å². The molecule has 2 bridgehead atoms. The number of carbonyl (C=O) groups is 1. The maximum atomic E-state index is 12.4. The van der Waals surface area contributed by atoms with Crippen molar-refractivity contribution in [2.75, 3.05) is 6.54 Å². The van der Waals surface area contributed by atoms with E-state index < -0.39 is 18.5 Å². The molecule has 6 heteroatoms. The number of nitrogens with one attached hydrogen (secondary N) is 1. The number of rotatable bonds is 4. The fourth-order valence-electron chi connectivity index (χ4n) is 3.31. The van der Waals surface area contributed by atoms with E-state index in [4.69, 9.17) is 0 Å². The van der Waals surface area contributed by atoms with Crippen molar-refractivity contribution in [3.63, 3.8) is 0 Å². The van der Waals surface area contributed by atoms with Crippen molar-refractivity contribution < 1.29 is 18.0 Å². The van der Waals surface area contributed by atoms with Gasteiger partial charge in [0.15, 0.2) is 0 Å². The average molecular weight is 278 g/mol. The predicted octanol–water partition coefficient (Wildman–Crippen LogP) is 2.46. The summed E-state index contributed by atoms with van der Waals surface area (Å²) in [6.07, 6.45) is -1.30. The normalized spacial score (nSPS) is 30.4. The maximum absolute atomic E-state index is 12.4. The second-order valence-corrected chi connectivity index (χ2v) is 5.64. The number of hydrogen-bond acceptors (Lipinski definition) is 2. The van der Waals surface area contributed by atoms with Gasteiger partial charge < -0.3 is 10.2 Å². The van der Waals surface area contributed by atoms with Gasteiger partial charge in [-0.05, 0) is 32.1 Å². The second-order valence-electron chi connectivity index (χ2n) is 5.64. The molecule has 2 aliphatic rings. The van der Waals surface area contributed by atoms with Crippen molar-refractivity contribution in [2.45, 2.75) is 69.8 Å². The molecule has 1 N–H and O–H groups in total. The first-order chi connectivity index (χ1) is 8.89. The molecule has 1 amide bonds. The van der Waals surface area contributed by atoms with Gasteiger partial charge in [-0.2, -0.15) is 13.2 Å². The van der Waals surface area contributed by atoms with Crippen LogP contribution >= 0.6 is 0 Å². The number of piperidine rings is 1. The van der Waals surface area contributed by atoms with Crippen LogP contribution in [0.1, 0.15) is 45.4 Å². The molecular weight excluding hydrogens is 257 g/mol. The minimum Gasteiger partial charge on any atom is -0.339 e. The highest BCUT2D eigenvalue weighted by atomic mass is 19.4. The lowest BCUT2D eigenvalue weighted by atomic mass is 9.97. The molecule has 3 nitrogen and oxygen atoms in total. The molecule has 110 valence electrons. The fourth-order valence-corrected chi connectivity index (χ4v) is 3.31. The van der Waals surface area contributed by atoms with Gasteiger partial charge in [0.2, 0.25) is 5.91 Å². The lowest BCUT2D eigenvalue weighted by Crippen LogP contribution is -2.51. The van der Waals surface area contributed by atoms with Crippen LogP contribution in [0.15, 0.2) is 0 Å². The maximum Gasteiger partial charge on any atom is 0.397 e. The third-order valence-electron chi connectivity index (χ3n) is 4.03. The van der Waals surface area contributed by atoms with Crippen LogP contribution in [-0.4, -0.2) is 41.7 Å². The lowest BCUT2D eigenvalue weighted by molar-refractivity contribution is -0.163. The Morgan fingerprint density at radius 3 is 2.32 bits per heavy atom. The molecule has 19 heavy (non-hydrogen) atoms. The van der Waals surface area contributed by atoms with E-state index in [2.05, 4.69) is 5.32 Å². The van der Waals surface area contributed by atoms with Crippen LogP contribution in [0.5, 0.6) is 0 Å². The topological polar surface area (TPSA) is 32.3 Å². The van der Waals surface area contributed by atoms with E-state index in [1.165, 1.54) is 4.90 Å². The van der Waals surface area contributed by atoms with Crippen LogP contribution in [-0.2, 0) is 4.79 Å². The smallest absolute Gasteiger partial charge is 0.339 e. The lowest BCUT2D eigenvalue weighted by Gasteiger charge is -2.38. The minimum atomic E-state index is -4.41. The Kier molecular flexibility index (Phi) is 4.38. The van der Waals surface area contributed by atoms with Crippen molar-refractivity contribution in [1.82, 2.24) is 10.2 Å². The third kappa shape index (κ3) is 3.84. The number of hydrogen-bond donors (Lipinski definition) is 1. The van der Waals surface area contributed by atoms with Crippen molar-refractivity contribution in [1.29, 1.82) is 0 Å². The van der Waals surface area contributed by atoms with E-state index in [1.807, 2.05) is 6.92 Å². The molecule has 2 saturated heterocycles. The molecule has 2 heterocycles. The molecule has 2 fully saturated rings. The molecule has 0 aliphatic carbocycles. The number of fused-ring (bicyclic) bond motifs is 2. The quantitative estimate of drug-likeness (QED) is 0.856. The van der Waals surface area contributed by atoms with E-state index in [0.717, 1.165) is 25.7 Å². The summed E-state index contributed by atoms with van der Waals surface area (Å²) in [5, 5.41) is 3.44. The highest BCUT2D eigenvalue weighted by Gasteiger charge is 2.40. The van der Waals surface area contributed by atoms with E-state index in [9.17, 15) is 18.0 Å². The van der Waals surface area contributed by atoms with Crippen LogP contribution in [0.3, 0.4) is 0 Å². The summed E-state index contributed by atoms with van der Waals surface area (Å²) < 4.78 is 37.1. The first-order valence-electron chi connectivity index (χ1n) is 7.01. The summed E-state index contributed by atoms with van der Waals surface area (Å²) >= 11 is 0. The molecule has 2 atom stereocenters. The number of amides is 1. The standard InChI is InChI=1S/C13H21F3N2O/c1-2-5-18(12(19)8-13(14,15)16)11-6-9-3-4-10(7-11)17-9/h9-11,17H,2-8H2,1H3. The first-order valence-corrected chi connectivity index (χ1v) is 7.01. The zero-order valence-electron chi connectivity index (χ0n) is 11.2. The first kappa shape index (κ1) is 14.6. The van der Waals surface area contributed by atoms with Crippen LogP contribution in [0.2, 0.25) is 0 Å². The molecule has 2 rings (SSSR count). The van der Waals surface area contributed by atoms with Gasteiger partial charge in [0.25, 0.3) is 0 Å². The van der Waals surface area contributed by atoms with Gasteiger partial charge in [-0.25, -0.2) is 0 Å². The van der Waals surface area contributed by atoms with Crippen molar-refractivity contribution in [3.05, 3.63) is 0 Å². The van der Waals surface area contributed by atoms with Gasteiger partial charge in [0.1, 0.15) is 6.42 Å². The molecule has 0 aromatic heterocycles. The molecule has 0 aromatic carbocycles. The van der Waals surface area contributed by atoms with E-state index >= 15 is 0 Å². The molecule has 0 spiro atoms. The summed E-state index contributed by atoms with van der Waals surface area (Å²) in [5.74, 6) is -0.763. The highest BCUT2D eigenvalue weighted by molar-refractivity contribution is 5.77. The van der Waals surface area contributed by atoms with Gasteiger partial charge in [-0.15, -0.1) is 0 Å². The van der Waals surface area contributed by atoms with Gasteiger partial charge in [0, 0.05) is 24.7 Å². The number of nitrogens with zero attached hydrogens (tertiary/aromatic N) is 1. The second kappa shape index (κ2) is 5.69. The predicted molar refractivity (Wildman–Crippen MR) is 65.6 cm³/mol. The van der Waals surface area contributed by atoms with Crippen LogP contribution in [0.4, 0.5) is 13.2 Å². The van der Waals surface area contributed by atoms with E-state index in [0.29, 0.717) is 25.0 Å². The monoisotopic (exact) mass is 278 g/mol. The summed E-state index contributed by atoms with van der Waals surface area (Å²) in [7, 11) is 0. The SMILES string of the molecule is CCCN(C(=O)CC(F)(F)F)C1CC2CCC(C1)N2. The minimum absolute atomic E-state index is 0.0199. The Morgan fingerprint density at radius 1 is 1.26 bits per heavy atom. The largest absolute Gasteiger partial charge is 0.397 e. The number of halogens is 3. The Balaban J connectivity index is 2.00.